The van der Waals surface area contributed by atoms with Gasteiger partial charge >= 0.3 is 0 Å². The molecule has 0 aromatic carbocycles. The molecule has 0 saturated carbocycles. The Morgan fingerprint density at radius 2 is 2.50 bits per heavy atom. The third kappa shape index (κ3) is 3.02. The second kappa shape index (κ2) is 4.90. The van der Waals surface area contributed by atoms with Crippen LogP contribution in [0.1, 0.15) is 17.8 Å². The third-order valence-electron chi connectivity index (χ3n) is 1.62. The average Bonchev–Trinajstić information content (AvgIpc) is 2.45. The zero-order valence-corrected chi connectivity index (χ0v) is 7.43. The highest BCUT2D eigenvalue weighted by Crippen LogP contribution is 1.95. The maximum absolute atomic E-state index is 5.35. The first-order chi connectivity index (χ1) is 5.83. The number of hydrogen-bond donors (Lipinski definition) is 3. The molecule has 1 aromatic heterocycles. The molecule has 4 heteroatoms. The number of aromatic amines is 1. The van der Waals surface area contributed by atoms with Gasteiger partial charge in [0.05, 0.1) is 5.69 Å². The van der Waals surface area contributed by atoms with E-state index in [2.05, 4.69) is 15.5 Å². The molecule has 4 N–H and O–H groups in total. The minimum absolute atomic E-state index is 0.743. The van der Waals surface area contributed by atoms with E-state index in [-0.39, 0.29) is 0 Å². The fourth-order valence-corrected chi connectivity index (χ4v) is 1.01. The maximum Gasteiger partial charge on any atom is 0.0762 e. The van der Waals surface area contributed by atoms with Gasteiger partial charge in [-0.2, -0.15) is 5.10 Å². The Morgan fingerprint density at radius 3 is 3.08 bits per heavy atom. The monoisotopic (exact) mass is 168 g/mol. The van der Waals surface area contributed by atoms with Crippen LogP contribution in [0.2, 0.25) is 0 Å². The van der Waals surface area contributed by atoms with Gasteiger partial charge in [0.2, 0.25) is 0 Å². The molecule has 0 aliphatic rings. The smallest absolute Gasteiger partial charge is 0.0762 e. The van der Waals surface area contributed by atoms with Crippen molar-refractivity contribution < 1.29 is 0 Å². The first kappa shape index (κ1) is 9.22. The van der Waals surface area contributed by atoms with Crippen LogP contribution in [0.5, 0.6) is 0 Å². The van der Waals surface area contributed by atoms with E-state index in [0.717, 1.165) is 37.4 Å². The lowest BCUT2D eigenvalue weighted by atomic mass is 10.3. The van der Waals surface area contributed by atoms with Crippen LogP contribution in [0, 0.1) is 6.92 Å². The van der Waals surface area contributed by atoms with Crippen molar-refractivity contribution in [1.29, 1.82) is 0 Å². The van der Waals surface area contributed by atoms with Crippen LogP contribution < -0.4 is 11.1 Å². The highest BCUT2D eigenvalue weighted by molar-refractivity contribution is 5.05. The molecule has 0 aliphatic carbocycles. The van der Waals surface area contributed by atoms with E-state index in [4.69, 9.17) is 5.73 Å². The predicted molar refractivity (Wildman–Crippen MR) is 48.7 cm³/mol. The summed E-state index contributed by atoms with van der Waals surface area (Å²) in [5, 5.41) is 10.2. The van der Waals surface area contributed by atoms with Crippen LogP contribution in [0.4, 0.5) is 0 Å². The summed E-state index contributed by atoms with van der Waals surface area (Å²) >= 11 is 0. The molecule has 0 fully saturated rings. The molecule has 0 bridgehead atoms. The summed E-state index contributed by atoms with van der Waals surface area (Å²) < 4.78 is 0. The fraction of sp³-hybridized carbons (Fsp3) is 0.625. The van der Waals surface area contributed by atoms with Gasteiger partial charge in [-0.05, 0) is 32.5 Å². The molecule has 0 amide bonds. The molecule has 0 atom stereocenters. The SMILES string of the molecule is Cc1cc(CNCCCN)n[nH]1. The quantitative estimate of drug-likeness (QED) is 0.548. The average molecular weight is 168 g/mol. The molecular weight excluding hydrogens is 152 g/mol. The zero-order chi connectivity index (χ0) is 8.81. The van der Waals surface area contributed by atoms with Gasteiger partial charge in [-0.1, -0.05) is 0 Å². The van der Waals surface area contributed by atoms with Gasteiger partial charge in [0, 0.05) is 12.2 Å². The van der Waals surface area contributed by atoms with E-state index < -0.39 is 0 Å². The van der Waals surface area contributed by atoms with Crippen molar-refractivity contribution in [2.75, 3.05) is 13.1 Å². The van der Waals surface area contributed by atoms with E-state index in [1.54, 1.807) is 0 Å². The Kier molecular flexibility index (Phi) is 3.76. The molecule has 12 heavy (non-hydrogen) atoms. The highest BCUT2D eigenvalue weighted by Gasteiger charge is 1.95. The Morgan fingerprint density at radius 1 is 1.67 bits per heavy atom. The van der Waals surface area contributed by atoms with Crippen LogP contribution in [-0.2, 0) is 6.54 Å². The van der Waals surface area contributed by atoms with Crippen LogP contribution >= 0.6 is 0 Å². The van der Waals surface area contributed by atoms with Gasteiger partial charge in [-0.25, -0.2) is 0 Å². The first-order valence-electron chi connectivity index (χ1n) is 4.24. The van der Waals surface area contributed by atoms with Crippen LogP contribution in [-0.4, -0.2) is 23.3 Å². The van der Waals surface area contributed by atoms with Gasteiger partial charge in [-0.3, -0.25) is 5.10 Å². The molecule has 0 spiro atoms. The number of aryl methyl sites for hydroxylation is 1. The lowest BCUT2D eigenvalue weighted by molar-refractivity contribution is 0.645. The van der Waals surface area contributed by atoms with E-state index in [0.29, 0.717) is 0 Å². The lowest BCUT2D eigenvalue weighted by Gasteiger charge is -1.99. The Hall–Kier alpha value is -0.870. The summed E-state index contributed by atoms with van der Waals surface area (Å²) in [7, 11) is 0. The number of H-pyrrole nitrogens is 1. The summed E-state index contributed by atoms with van der Waals surface area (Å²) in [6.07, 6.45) is 1.02. The molecule has 1 heterocycles. The minimum Gasteiger partial charge on any atom is -0.330 e. The Labute approximate surface area is 72.5 Å². The molecular formula is C8H16N4. The maximum atomic E-state index is 5.35. The molecule has 4 nitrogen and oxygen atoms in total. The number of nitrogens with zero attached hydrogens (tertiary/aromatic N) is 1. The number of hydrogen-bond acceptors (Lipinski definition) is 3. The van der Waals surface area contributed by atoms with Gasteiger partial charge in [0.25, 0.3) is 0 Å². The zero-order valence-electron chi connectivity index (χ0n) is 7.43. The number of nitrogens with two attached hydrogens (primary N) is 1. The molecule has 0 aliphatic heterocycles. The molecule has 0 saturated heterocycles. The van der Waals surface area contributed by atoms with E-state index >= 15 is 0 Å². The first-order valence-corrected chi connectivity index (χ1v) is 4.24. The van der Waals surface area contributed by atoms with E-state index in [1.165, 1.54) is 0 Å². The van der Waals surface area contributed by atoms with E-state index in [9.17, 15) is 0 Å². The molecule has 0 unspecified atom stereocenters. The number of rotatable bonds is 5. The largest absolute Gasteiger partial charge is 0.330 e. The summed E-state index contributed by atoms with van der Waals surface area (Å²) in [5.41, 5.74) is 7.51. The van der Waals surface area contributed by atoms with Gasteiger partial charge in [0.15, 0.2) is 0 Å². The second-order valence-electron chi connectivity index (χ2n) is 2.86. The molecule has 68 valence electrons. The topological polar surface area (TPSA) is 66.7 Å². The second-order valence-corrected chi connectivity index (χ2v) is 2.86. The van der Waals surface area contributed by atoms with Crippen molar-refractivity contribution in [2.24, 2.45) is 5.73 Å². The third-order valence-corrected chi connectivity index (χ3v) is 1.62. The summed E-state index contributed by atoms with van der Waals surface area (Å²) in [6, 6.07) is 2.04. The number of nitrogens with one attached hydrogen (secondary N) is 2. The van der Waals surface area contributed by atoms with Gasteiger partial charge in [0.1, 0.15) is 0 Å². The number of aromatic nitrogens is 2. The predicted octanol–water partition coefficient (Wildman–Crippen LogP) is 0.157. The highest BCUT2D eigenvalue weighted by atomic mass is 15.1. The Balaban J connectivity index is 2.15. The van der Waals surface area contributed by atoms with Crippen molar-refractivity contribution in [1.82, 2.24) is 15.5 Å². The summed E-state index contributed by atoms with van der Waals surface area (Å²) in [4.78, 5) is 0. The lowest BCUT2D eigenvalue weighted by Crippen LogP contribution is -2.17. The fourth-order valence-electron chi connectivity index (χ4n) is 1.01. The van der Waals surface area contributed by atoms with Crippen molar-refractivity contribution in [2.45, 2.75) is 19.9 Å². The Bertz CT molecular complexity index is 219. The minimum atomic E-state index is 0.743. The van der Waals surface area contributed by atoms with E-state index in [1.807, 2.05) is 13.0 Å². The van der Waals surface area contributed by atoms with Crippen LogP contribution in [0.15, 0.2) is 6.07 Å². The van der Waals surface area contributed by atoms with Gasteiger partial charge in [-0.15, -0.1) is 0 Å². The van der Waals surface area contributed by atoms with Crippen molar-refractivity contribution >= 4 is 0 Å². The van der Waals surface area contributed by atoms with Crippen LogP contribution in [0.25, 0.3) is 0 Å². The summed E-state index contributed by atoms with van der Waals surface area (Å²) in [6.45, 7) is 4.52. The summed E-state index contributed by atoms with van der Waals surface area (Å²) in [5.74, 6) is 0. The molecule has 0 radical (unpaired) electrons. The van der Waals surface area contributed by atoms with Crippen molar-refractivity contribution in [3.05, 3.63) is 17.5 Å². The van der Waals surface area contributed by atoms with Crippen molar-refractivity contribution in [3.63, 3.8) is 0 Å². The standard InChI is InChI=1S/C8H16N4/c1-7-5-8(12-11-7)6-10-4-2-3-9/h5,10H,2-4,6,9H2,1H3,(H,11,12). The van der Waals surface area contributed by atoms with Gasteiger partial charge < -0.3 is 11.1 Å². The normalized spacial score (nSPS) is 10.5. The molecule has 1 rings (SSSR count). The van der Waals surface area contributed by atoms with Crippen LogP contribution in [0.3, 0.4) is 0 Å². The molecule has 1 aromatic rings. The van der Waals surface area contributed by atoms with Crippen molar-refractivity contribution in [3.8, 4) is 0 Å².